The topological polar surface area (TPSA) is 70.4 Å². The van der Waals surface area contributed by atoms with Crippen LogP contribution in [0.1, 0.15) is 45.4 Å². The van der Waals surface area contributed by atoms with Crippen LogP contribution in [0, 0.1) is 22.7 Å². The number of ether oxygens (including phenoxy) is 1. The Morgan fingerprint density at radius 3 is 2.65 bits per heavy atom. The van der Waals surface area contributed by atoms with Crippen molar-refractivity contribution in [2.75, 3.05) is 19.7 Å². The van der Waals surface area contributed by atoms with E-state index in [9.17, 15) is 14.9 Å². The van der Waals surface area contributed by atoms with Crippen molar-refractivity contribution in [3.05, 3.63) is 0 Å². The highest BCUT2D eigenvalue weighted by atomic mass is 16.5. The minimum absolute atomic E-state index is 0.0773. The van der Waals surface area contributed by atoms with Crippen molar-refractivity contribution < 1.29 is 14.3 Å². The van der Waals surface area contributed by atoms with E-state index in [2.05, 4.69) is 6.07 Å². The number of esters is 1. The third-order valence-electron chi connectivity index (χ3n) is 4.41. The van der Waals surface area contributed by atoms with Gasteiger partial charge in [0.1, 0.15) is 5.41 Å². The maximum Gasteiger partial charge on any atom is 0.310 e. The highest BCUT2D eigenvalue weighted by molar-refractivity contribution is 5.86. The van der Waals surface area contributed by atoms with Crippen molar-refractivity contribution in [3.8, 4) is 6.07 Å². The zero-order valence-electron chi connectivity index (χ0n) is 12.1. The second kappa shape index (κ2) is 6.25. The Morgan fingerprint density at radius 1 is 1.35 bits per heavy atom. The van der Waals surface area contributed by atoms with E-state index < -0.39 is 5.41 Å². The van der Waals surface area contributed by atoms with Crippen molar-refractivity contribution in [1.29, 1.82) is 5.26 Å². The number of nitrogens with zero attached hydrogens (tertiary/aromatic N) is 2. The van der Waals surface area contributed by atoms with Gasteiger partial charge in [-0.05, 0) is 32.6 Å². The first-order valence-corrected chi connectivity index (χ1v) is 7.50. The average Bonchev–Trinajstić information content (AvgIpc) is 2.97. The van der Waals surface area contributed by atoms with Crippen LogP contribution in [0.25, 0.3) is 0 Å². The molecule has 2 aliphatic rings. The molecule has 0 bridgehead atoms. The summed E-state index contributed by atoms with van der Waals surface area (Å²) in [5.74, 6) is -0.529. The van der Waals surface area contributed by atoms with Crippen LogP contribution in [0.2, 0.25) is 0 Å². The zero-order chi connectivity index (χ0) is 14.6. The molecule has 110 valence electrons. The number of carbonyl (C=O) groups is 2. The van der Waals surface area contributed by atoms with Gasteiger partial charge in [-0.3, -0.25) is 9.59 Å². The number of nitriles is 1. The molecule has 20 heavy (non-hydrogen) atoms. The van der Waals surface area contributed by atoms with Gasteiger partial charge in [0.2, 0.25) is 5.91 Å². The molecule has 2 fully saturated rings. The first kappa shape index (κ1) is 14.8. The second-order valence-electron chi connectivity index (χ2n) is 5.74. The van der Waals surface area contributed by atoms with Gasteiger partial charge in [-0.2, -0.15) is 5.26 Å². The lowest BCUT2D eigenvalue weighted by molar-refractivity contribution is -0.152. The summed E-state index contributed by atoms with van der Waals surface area (Å²) in [4.78, 5) is 26.2. The Hall–Kier alpha value is -1.57. The molecule has 0 aromatic heterocycles. The third-order valence-corrected chi connectivity index (χ3v) is 4.41. The van der Waals surface area contributed by atoms with Crippen molar-refractivity contribution in [3.63, 3.8) is 0 Å². The van der Waals surface area contributed by atoms with Crippen molar-refractivity contribution in [2.45, 2.75) is 45.4 Å². The summed E-state index contributed by atoms with van der Waals surface area (Å²) in [6.45, 7) is 3.21. The van der Waals surface area contributed by atoms with Gasteiger partial charge in [0.15, 0.2) is 0 Å². The van der Waals surface area contributed by atoms with Gasteiger partial charge in [0, 0.05) is 13.1 Å². The first-order valence-electron chi connectivity index (χ1n) is 7.50. The predicted octanol–water partition coefficient (Wildman–Crippen LogP) is 1.87. The van der Waals surface area contributed by atoms with Gasteiger partial charge < -0.3 is 9.64 Å². The molecule has 0 aromatic carbocycles. The molecule has 1 aliphatic carbocycles. The Labute approximate surface area is 119 Å². The fourth-order valence-electron chi connectivity index (χ4n) is 3.27. The van der Waals surface area contributed by atoms with Crippen LogP contribution in [-0.2, 0) is 14.3 Å². The molecular formula is C15H22N2O3. The summed E-state index contributed by atoms with van der Waals surface area (Å²) >= 11 is 0. The Morgan fingerprint density at radius 2 is 2.05 bits per heavy atom. The highest BCUT2D eigenvalue weighted by Gasteiger charge is 2.45. The standard InChI is InChI=1S/C15H22N2O3/c1-2-20-13(18)12-6-5-9-17(10-12)14(19)15(11-16)7-3-4-8-15/h12H,2-10H2,1H3. The lowest BCUT2D eigenvalue weighted by atomic mass is 9.85. The van der Waals surface area contributed by atoms with Crippen LogP contribution in [-0.4, -0.2) is 36.5 Å². The van der Waals surface area contributed by atoms with Gasteiger partial charge in [0.25, 0.3) is 0 Å². The van der Waals surface area contributed by atoms with E-state index >= 15 is 0 Å². The van der Waals surface area contributed by atoms with Gasteiger partial charge in [-0.15, -0.1) is 0 Å². The molecule has 0 spiro atoms. The summed E-state index contributed by atoms with van der Waals surface area (Å²) in [6.07, 6.45) is 4.76. The number of amides is 1. The number of hydrogen-bond acceptors (Lipinski definition) is 4. The lowest BCUT2D eigenvalue weighted by Crippen LogP contribution is -2.48. The molecule has 1 amide bonds. The summed E-state index contributed by atoms with van der Waals surface area (Å²) in [5, 5.41) is 9.39. The zero-order valence-corrected chi connectivity index (χ0v) is 12.1. The van der Waals surface area contributed by atoms with Crippen molar-refractivity contribution in [2.24, 2.45) is 11.3 Å². The van der Waals surface area contributed by atoms with Gasteiger partial charge in [-0.25, -0.2) is 0 Å². The second-order valence-corrected chi connectivity index (χ2v) is 5.74. The van der Waals surface area contributed by atoms with Crippen molar-refractivity contribution in [1.82, 2.24) is 4.90 Å². The van der Waals surface area contributed by atoms with E-state index in [1.807, 2.05) is 0 Å². The molecule has 5 nitrogen and oxygen atoms in total. The van der Waals surface area contributed by atoms with Crippen LogP contribution in [0.3, 0.4) is 0 Å². The molecule has 1 atom stereocenters. The molecule has 0 aromatic rings. The molecular weight excluding hydrogens is 256 g/mol. The Balaban J connectivity index is 2.03. The van der Waals surface area contributed by atoms with Crippen molar-refractivity contribution >= 4 is 11.9 Å². The molecule has 1 saturated carbocycles. The van der Waals surface area contributed by atoms with Crippen LogP contribution >= 0.6 is 0 Å². The van der Waals surface area contributed by atoms with E-state index in [4.69, 9.17) is 4.74 Å². The summed E-state index contributed by atoms with van der Waals surface area (Å²) in [5.41, 5.74) is -0.837. The van der Waals surface area contributed by atoms with Gasteiger partial charge in [-0.1, -0.05) is 12.8 Å². The molecule has 5 heteroatoms. The molecule has 2 rings (SSSR count). The van der Waals surface area contributed by atoms with Crippen LogP contribution < -0.4 is 0 Å². The molecule has 1 unspecified atom stereocenters. The highest BCUT2D eigenvalue weighted by Crippen LogP contribution is 2.39. The largest absolute Gasteiger partial charge is 0.466 e. The molecule has 0 N–H and O–H groups in total. The fraction of sp³-hybridized carbons (Fsp3) is 0.800. The minimum atomic E-state index is -0.837. The maximum atomic E-state index is 12.6. The van der Waals surface area contributed by atoms with E-state index in [-0.39, 0.29) is 17.8 Å². The minimum Gasteiger partial charge on any atom is -0.466 e. The van der Waals surface area contributed by atoms with E-state index in [0.717, 1.165) is 25.7 Å². The normalized spacial score (nSPS) is 25.0. The van der Waals surface area contributed by atoms with E-state index in [1.165, 1.54) is 0 Å². The number of piperidine rings is 1. The maximum absolute atomic E-state index is 12.6. The van der Waals surface area contributed by atoms with Gasteiger partial charge >= 0.3 is 5.97 Å². The molecule has 1 aliphatic heterocycles. The summed E-state index contributed by atoms with van der Waals surface area (Å²) in [7, 11) is 0. The SMILES string of the molecule is CCOC(=O)C1CCCN(C(=O)C2(C#N)CCCC2)C1. The van der Waals surface area contributed by atoms with Gasteiger partial charge in [0.05, 0.1) is 18.6 Å². The summed E-state index contributed by atoms with van der Waals surface area (Å²) in [6, 6.07) is 2.24. The smallest absolute Gasteiger partial charge is 0.310 e. The van der Waals surface area contributed by atoms with E-state index in [0.29, 0.717) is 32.5 Å². The molecule has 1 heterocycles. The van der Waals surface area contributed by atoms with E-state index in [1.54, 1.807) is 11.8 Å². The Bertz CT molecular complexity index is 421. The van der Waals surface area contributed by atoms with Crippen LogP contribution in [0.4, 0.5) is 0 Å². The first-order chi connectivity index (χ1) is 9.63. The fourth-order valence-corrected chi connectivity index (χ4v) is 3.27. The lowest BCUT2D eigenvalue weighted by Gasteiger charge is -2.35. The number of carbonyl (C=O) groups excluding carboxylic acids is 2. The van der Waals surface area contributed by atoms with Crippen LogP contribution in [0.15, 0.2) is 0 Å². The number of likely N-dealkylation sites (tertiary alicyclic amines) is 1. The monoisotopic (exact) mass is 278 g/mol. The third kappa shape index (κ3) is 2.79. The predicted molar refractivity (Wildman–Crippen MR) is 72.5 cm³/mol. The number of rotatable bonds is 3. The summed E-state index contributed by atoms with van der Waals surface area (Å²) < 4.78 is 5.04. The molecule has 1 saturated heterocycles. The molecule has 0 radical (unpaired) electrons. The average molecular weight is 278 g/mol. The quantitative estimate of drug-likeness (QED) is 0.739. The number of hydrogen-bond donors (Lipinski definition) is 0. The Kier molecular flexibility index (Phi) is 4.64. The van der Waals surface area contributed by atoms with Crippen LogP contribution in [0.5, 0.6) is 0 Å².